The Bertz CT molecular complexity index is 1670. The smallest absolute Gasteiger partial charge is 0.273 e. The molecule has 0 bridgehead atoms. The van der Waals surface area contributed by atoms with Crippen LogP contribution in [0.2, 0.25) is 0 Å². The average molecular weight is 596 g/mol. The van der Waals surface area contributed by atoms with Gasteiger partial charge in [0, 0.05) is 49.9 Å². The first-order valence-corrected chi connectivity index (χ1v) is 14.0. The predicted octanol–water partition coefficient (Wildman–Crippen LogP) is 4.28. The van der Waals surface area contributed by atoms with Gasteiger partial charge in [0.25, 0.3) is 11.8 Å². The van der Waals surface area contributed by atoms with E-state index < -0.39 is 5.91 Å². The second-order valence-electron chi connectivity index (χ2n) is 10.3. The van der Waals surface area contributed by atoms with Crippen LogP contribution >= 0.6 is 0 Å². The van der Waals surface area contributed by atoms with E-state index in [1.165, 1.54) is 14.2 Å². The number of hydrogen-bond donors (Lipinski definition) is 3. The molecule has 2 heterocycles. The summed E-state index contributed by atoms with van der Waals surface area (Å²) in [6, 6.07) is 18.1. The molecule has 0 unspecified atom stereocenters. The van der Waals surface area contributed by atoms with Gasteiger partial charge in [-0.15, -0.1) is 10.2 Å². The minimum absolute atomic E-state index is 0.0206. The van der Waals surface area contributed by atoms with Crippen molar-refractivity contribution in [3.8, 4) is 22.6 Å². The first kappa shape index (κ1) is 30.0. The van der Waals surface area contributed by atoms with Crippen molar-refractivity contribution >= 4 is 34.9 Å². The van der Waals surface area contributed by atoms with E-state index in [-0.39, 0.29) is 29.2 Å². The highest BCUT2D eigenvalue weighted by Crippen LogP contribution is 2.38. The summed E-state index contributed by atoms with van der Waals surface area (Å²) in [6.45, 7) is 0.418. The lowest BCUT2D eigenvalue weighted by atomic mass is 10.0. The molecule has 3 amide bonds. The lowest BCUT2D eigenvalue weighted by Gasteiger charge is -2.18. The molecule has 1 aliphatic carbocycles. The first-order valence-electron chi connectivity index (χ1n) is 14.0. The third kappa shape index (κ3) is 6.75. The van der Waals surface area contributed by atoms with Gasteiger partial charge in [-0.3, -0.25) is 19.4 Å². The topological polar surface area (TPSA) is 148 Å². The van der Waals surface area contributed by atoms with E-state index in [1.54, 1.807) is 49.5 Å². The maximum Gasteiger partial charge on any atom is 0.273 e. The molecule has 12 heteroatoms. The van der Waals surface area contributed by atoms with E-state index in [4.69, 9.17) is 9.47 Å². The molecule has 0 aliphatic heterocycles. The van der Waals surface area contributed by atoms with Crippen LogP contribution in [0.3, 0.4) is 0 Å². The zero-order valence-electron chi connectivity index (χ0n) is 24.9. The second kappa shape index (κ2) is 13.2. The fraction of sp³-hybridized carbons (Fsp3) is 0.250. The number of ether oxygens (including phenoxy) is 2. The Morgan fingerprint density at radius 2 is 1.73 bits per heavy atom. The predicted molar refractivity (Wildman–Crippen MR) is 165 cm³/mol. The molecule has 2 aromatic carbocycles. The number of hydrogen-bond acceptors (Lipinski definition) is 9. The van der Waals surface area contributed by atoms with E-state index in [0.29, 0.717) is 34.9 Å². The SMILES string of the molecule is CNC(=O)c1nnc(NC(=O)C2CC2)cc1Nc1cccc(-c2ccc(C(=O)N(C)Cc3ccc(OC)cc3)nc2)c1OC. The summed E-state index contributed by atoms with van der Waals surface area (Å²) < 4.78 is 11.0. The summed E-state index contributed by atoms with van der Waals surface area (Å²) in [6.07, 6.45) is 3.30. The quantitative estimate of drug-likeness (QED) is 0.231. The van der Waals surface area contributed by atoms with Gasteiger partial charge in [0.15, 0.2) is 11.5 Å². The number of nitrogens with one attached hydrogen (secondary N) is 3. The van der Waals surface area contributed by atoms with Gasteiger partial charge in [-0.1, -0.05) is 30.3 Å². The standard InChI is InChI=1S/C32H33N7O5/c1-33-31(41)28-26(16-27(37-38-28)36-30(40)20-10-11-20)35-24-7-5-6-23(29(24)44-4)21-12-15-25(34-17-21)32(42)39(2)18-19-8-13-22(43-3)14-9-19/h5-9,12-17,20H,10-11,18H2,1-4H3,(H,33,41)(H2,35,36,37,40). The van der Waals surface area contributed by atoms with Crippen LogP contribution in [-0.2, 0) is 11.3 Å². The van der Waals surface area contributed by atoms with Crippen molar-refractivity contribution in [3.05, 3.63) is 83.8 Å². The molecule has 0 spiro atoms. The Morgan fingerprint density at radius 1 is 0.955 bits per heavy atom. The summed E-state index contributed by atoms with van der Waals surface area (Å²) in [5, 5.41) is 16.6. The molecule has 3 N–H and O–H groups in total. The Balaban J connectivity index is 1.37. The maximum absolute atomic E-state index is 13.1. The molecule has 1 aliphatic rings. The maximum atomic E-state index is 13.1. The van der Waals surface area contributed by atoms with Crippen LogP contribution < -0.4 is 25.4 Å². The van der Waals surface area contributed by atoms with Crippen molar-refractivity contribution in [2.24, 2.45) is 5.92 Å². The number of nitrogens with zero attached hydrogens (tertiary/aromatic N) is 4. The van der Waals surface area contributed by atoms with Crippen molar-refractivity contribution in [1.29, 1.82) is 0 Å². The van der Waals surface area contributed by atoms with Crippen LogP contribution in [0.5, 0.6) is 11.5 Å². The van der Waals surface area contributed by atoms with Crippen LogP contribution in [0.1, 0.15) is 39.4 Å². The van der Waals surface area contributed by atoms with E-state index in [2.05, 4.69) is 31.1 Å². The second-order valence-corrected chi connectivity index (χ2v) is 10.3. The third-order valence-electron chi connectivity index (χ3n) is 7.14. The number of para-hydroxylation sites is 1. The van der Waals surface area contributed by atoms with Crippen LogP contribution in [0.15, 0.2) is 66.9 Å². The molecular weight excluding hydrogens is 562 g/mol. The first-order chi connectivity index (χ1) is 21.3. The van der Waals surface area contributed by atoms with Crippen molar-refractivity contribution < 1.29 is 23.9 Å². The van der Waals surface area contributed by atoms with Crippen molar-refractivity contribution in [2.45, 2.75) is 19.4 Å². The Kier molecular flexibility index (Phi) is 8.98. The van der Waals surface area contributed by atoms with Crippen molar-refractivity contribution in [1.82, 2.24) is 25.4 Å². The van der Waals surface area contributed by atoms with Gasteiger partial charge in [-0.05, 0) is 42.7 Å². The molecule has 0 radical (unpaired) electrons. The highest BCUT2D eigenvalue weighted by molar-refractivity contribution is 6.00. The number of methoxy groups -OCH3 is 2. The van der Waals surface area contributed by atoms with Crippen molar-refractivity contribution in [2.75, 3.05) is 38.9 Å². The number of amides is 3. The largest absolute Gasteiger partial charge is 0.497 e. The molecule has 1 fully saturated rings. The number of aromatic nitrogens is 3. The van der Waals surface area contributed by atoms with Crippen LogP contribution in [0.25, 0.3) is 11.1 Å². The highest BCUT2D eigenvalue weighted by Gasteiger charge is 2.30. The highest BCUT2D eigenvalue weighted by atomic mass is 16.5. The molecular formula is C32H33N7O5. The minimum Gasteiger partial charge on any atom is -0.497 e. The van der Waals surface area contributed by atoms with Gasteiger partial charge in [-0.25, -0.2) is 0 Å². The minimum atomic E-state index is -0.448. The monoisotopic (exact) mass is 595 g/mol. The average Bonchev–Trinajstić information content (AvgIpc) is 3.91. The summed E-state index contributed by atoms with van der Waals surface area (Å²) >= 11 is 0. The van der Waals surface area contributed by atoms with Crippen LogP contribution in [0, 0.1) is 5.92 Å². The number of carbonyl (C=O) groups is 3. The van der Waals surface area contributed by atoms with E-state index in [1.807, 2.05) is 36.4 Å². The van der Waals surface area contributed by atoms with Gasteiger partial charge in [0.1, 0.15) is 17.2 Å². The van der Waals surface area contributed by atoms with Crippen LogP contribution in [-0.4, -0.2) is 66.1 Å². The van der Waals surface area contributed by atoms with E-state index >= 15 is 0 Å². The molecule has 226 valence electrons. The van der Waals surface area contributed by atoms with Crippen molar-refractivity contribution in [3.63, 3.8) is 0 Å². The normalized spacial score (nSPS) is 12.2. The molecule has 4 aromatic rings. The number of pyridine rings is 1. The summed E-state index contributed by atoms with van der Waals surface area (Å²) in [7, 11) is 6.37. The zero-order valence-corrected chi connectivity index (χ0v) is 24.9. The van der Waals surface area contributed by atoms with Crippen LogP contribution in [0.4, 0.5) is 17.2 Å². The Morgan fingerprint density at radius 3 is 2.36 bits per heavy atom. The fourth-order valence-corrected chi connectivity index (χ4v) is 4.59. The molecule has 2 aromatic heterocycles. The molecule has 12 nitrogen and oxygen atoms in total. The lowest BCUT2D eigenvalue weighted by Crippen LogP contribution is -2.26. The molecule has 0 saturated heterocycles. The summed E-state index contributed by atoms with van der Waals surface area (Å²) in [4.78, 5) is 44.0. The fourth-order valence-electron chi connectivity index (χ4n) is 4.59. The van der Waals surface area contributed by atoms with Gasteiger partial charge in [0.05, 0.1) is 25.6 Å². The number of benzene rings is 2. The van der Waals surface area contributed by atoms with Gasteiger partial charge in [0.2, 0.25) is 5.91 Å². The number of anilines is 3. The summed E-state index contributed by atoms with van der Waals surface area (Å²) in [5.41, 5.74) is 3.62. The van der Waals surface area contributed by atoms with Gasteiger partial charge >= 0.3 is 0 Å². The Labute approximate surface area is 254 Å². The molecule has 0 atom stereocenters. The zero-order chi connectivity index (χ0) is 31.2. The lowest BCUT2D eigenvalue weighted by molar-refractivity contribution is -0.117. The van der Waals surface area contributed by atoms with E-state index in [9.17, 15) is 14.4 Å². The number of carbonyl (C=O) groups excluding carboxylic acids is 3. The third-order valence-corrected chi connectivity index (χ3v) is 7.14. The Hall–Kier alpha value is -5.52. The summed E-state index contributed by atoms with van der Waals surface area (Å²) in [5.74, 6) is 0.650. The van der Waals surface area contributed by atoms with Gasteiger partial charge < -0.3 is 30.3 Å². The van der Waals surface area contributed by atoms with Gasteiger partial charge in [-0.2, -0.15) is 0 Å². The molecule has 44 heavy (non-hydrogen) atoms. The molecule has 1 saturated carbocycles. The molecule has 5 rings (SSSR count). The van der Waals surface area contributed by atoms with E-state index in [0.717, 1.165) is 29.7 Å². The number of rotatable bonds is 11.